The molecule has 0 heterocycles. The minimum atomic E-state index is -1.04. The summed E-state index contributed by atoms with van der Waals surface area (Å²) in [5, 5.41) is 8.89. The second-order valence-electron chi connectivity index (χ2n) is 4.34. The highest BCUT2D eigenvalue weighted by Crippen LogP contribution is 2.26. The lowest BCUT2D eigenvalue weighted by Gasteiger charge is -2.21. The van der Waals surface area contributed by atoms with Crippen LogP contribution in [0.5, 0.6) is 5.75 Å². The molecule has 0 aromatic heterocycles. The molecule has 1 amide bonds. The van der Waals surface area contributed by atoms with E-state index in [1.807, 2.05) is 13.8 Å². The van der Waals surface area contributed by atoms with Gasteiger partial charge in [-0.3, -0.25) is 4.79 Å². The maximum atomic E-state index is 11.8. The Morgan fingerprint density at radius 1 is 1.42 bits per heavy atom. The molecule has 0 saturated heterocycles. The number of hydrogen-bond acceptors (Lipinski definition) is 3. The first kappa shape index (κ1) is 15.5. The summed E-state index contributed by atoms with van der Waals surface area (Å²) in [7, 11) is 1.69. The molecular weight excluding hydrogens is 314 g/mol. The molecule has 1 aromatic carbocycles. The molecule has 0 unspecified atom stereocenters. The summed E-state index contributed by atoms with van der Waals surface area (Å²) in [6, 6.07) is 4.51. The number of hydrogen-bond donors (Lipinski definition) is 1. The zero-order valence-corrected chi connectivity index (χ0v) is 12.6. The lowest BCUT2D eigenvalue weighted by atomic mass is 10.2. The molecule has 0 fully saturated rings. The van der Waals surface area contributed by atoms with E-state index in [1.54, 1.807) is 18.0 Å². The van der Waals surface area contributed by atoms with Gasteiger partial charge in [0.15, 0.2) is 6.61 Å². The van der Waals surface area contributed by atoms with Gasteiger partial charge in [-0.25, -0.2) is 4.79 Å². The predicted molar refractivity (Wildman–Crippen MR) is 74.5 cm³/mol. The van der Waals surface area contributed by atoms with Crippen molar-refractivity contribution in [2.24, 2.45) is 0 Å². The molecule has 0 atom stereocenters. The van der Waals surface area contributed by atoms with Crippen molar-refractivity contribution in [1.29, 1.82) is 0 Å². The lowest BCUT2D eigenvalue weighted by Crippen LogP contribution is -2.36. The minimum absolute atomic E-state index is 0.0879. The van der Waals surface area contributed by atoms with Crippen molar-refractivity contribution >= 4 is 27.8 Å². The highest BCUT2D eigenvalue weighted by molar-refractivity contribution is 9.10. The molecule has 0 radical (unpaired) electrons. The van der Waals surface area contributed by atoms with Crippen molar-refractivity contribution in [3.05, 3.63) is 28.2 Å². The van der Waals surface area contributed by atoms with Gasteiger partial charge in [0.25, 0.3) is 5.91 Å². The van der Waals surface area contributed by atoms with Crippen molar-refractivity contribution in [2.45, 2.75) is 19.9 Å². The number of nitrogens with zero attached hydrogens (tertiary/aromatic N) is 1. The van der Waals surface area contributed by atoms with Crippen LogP contribution in [0.15, 0.2) is 22.7 Å². The van der Waals surface area contributed by atoms with E-state index in [4.69, 9.17) is 9.84 Å². The number of amides is 1. The van der Waals surface area contributed by atoms with Crippen LogP contribution in [-0.2, 0) is 4.79 Å². The fourth-order valence-corrected chi connectivity index (χ4v) is 1.64. The van der Waals surface area contributed by atoms with E-state index in [0.717, 1.165) is 0 Å². The van der Waals surface area contributed by atoms with Gasteiger partial charge in [-0.05, 0) is 48.0 Å². The molecular formula is C13H16BrNO4. The maximum absolute atomic E-state index is 11.8. The summed E-state index contributed by atoms with van der Waals surface area (Å²) in [6.45, 7) is 3.67. The molecule has 1 N–H and O–H groups in total. The third-order valence-electron chi connectivity index (χ3n) is 2.70. The maximum Gasteiger partial charge on any atom is 0.335 e. The number of benzene rings is 1. The SMILES string of the molecule is CC(C)N(C)C(=O)COc1cc(C(=O)O)ccc1Br. The standard InChI is InChI=1S/C13H16BrNO4/c1-8(2)15(3)12(16)7-19-11-6-9(13(17)18)4-5-10(11)14/h4-6,8H,7H2,1-3H3,(H,17,18). The predicted octanol–water partition coefficient (Wildman–Crippen LogP) is 2.39. The summed E-state index contributed by atoms with van der Waals surface area (Å²) in [5.41, 5.74) is 0.114. The molecule has 5 nitrogen and oxygen atoms in total. The Morgan fingerprint density at radius 2 is 2.05 bits per heavy atom. The quantitative estimate of drug-likeness (QED) is 0.900. The second kappa shape index (κ2) is 6.56. The van der Waals surface area contributed by atoms with Crippen LogP contribution >= 0.6 is 15.9 Å². The van der Waals surface area contributed by atoms with Gasteiger partial charge in [-0.1, -0.05) is 0 Å². The van der Waals surface area contributed by atoms with Gasteiger partial charge in [0.2, 0.25) is 0 Å². The first-order valence-corrected chi connectivity index (χ1v) is 6.53. The van der Waals surface area contributed by atoms with E-state index in [1.165, 1.54) is 12.1 Å². The van der Waals surface area contributed by atoms with Crippen molar-refractivity contribution in [3.8, 4) is 5.75 Å². The smallest absolute Gasteiger partial charge is 0.335 e. The van der Waals surface area contributed by atoms with Crippen LogP contribution in [0.1, 0.15) is 24.2 Å². The molecule has 0 bridgehead atoms. The Hall–Kier alpha value is -1.56. The Bertz CT molecular complexity index is 488. The number of rotatable bonds is 5. The van der Waals surface area contributed by atoms with Gasteiger partial charge >= 0.3 is 5.97 Å². The van der Waals surface area contributed by atoms with Crippen molar-refractivity contribution in [1.82, 2.24) is 4.90 Å². The number of ether oxygens (including phenoxy) is 1. The van der Waals surface area contributed by atoms with Crippen LogP contribution in [0.3, 0.4) is 0 Å². The fourth-order valence-electron chi connectivity index (χ4n) is 1.28. The minimum Gasteiger partial charge on any atom is -0.483 e. The number of carbonyl (C=O) groups excluding carboxylic acids is 1. The Labute approximate surface area is 120 Å². The third-order valence-corrected chi connectivity index (χ3v) is 3.35. The average molecular weight is 330 g/mol. The van der Waals surface area contributed by atoms with E-state index in [-0.39, 0.29) is 24.1 Å². The first-order chi connectivity index (χ1) is 8.82. The summed E-state index contributed by atoms with van der Waals surface area (Å²) in [6.07, 6.45) is 0. The highest BCUT2D eigenvalue weighted by atomic mass is 79.9. The van der Waals surface area contributed by atoms with E-state index < -0.39 is 5.97 Å². The van der Waals surface area contributed by atoms with E-state index in [0.29, 0.717) is 10.2 Å². The van der Waals surface area contributed by atoms with Gasteiger partial charge in [0.1, 0.15) is 5.75 Å². The van der Waals surface area contributed by atoms with Crippen LogP contribution < -0.4 is 4.74 Å². The van der Waals surface area contributed by atoms with Gasteiger partial charge in [-0.15, -0.1) is 0 Å². The summed E-state index contributed by atoms with van der Waals surface area (Å²) in [4.78, 5) is 24.2. The van der Waals surface area contributed by atoms with Crippen LogP contribution in [0, 0.1) is 0 Å². The number of carbonyl (C=O) groups is 2. The average Bonchev–Trinajstić information content (AvgIpc) is 2.35. The summed E-state index contributed by atoms with van der Waals surface area (Å²) < 4.78 is 5.97. The van der Waals surface area contributed by atoms with Crippen molar-refractivity contribution in [2.75, 3.05) is 13.7 Å². The van der Waals surface area contributed by atoms with E-state index in [9.17, 15) is 9.59 Å². The molecule has 0 aliphatic rings. The normalized spacial score (nSPS) is 10.4. The summed E-state index contributed by atoms with van der Waals surface area (Å²) in [5.74, 6) is -0.865. The van der Waals surface area contributed by atoms with E-state index >= 15 is 0 Å². The van der Waals surface area contributed by atoms with Gasteiger partial charge in [0.05, 0.1) is 10.0 Å². The Kier molecular flexibility index (Phi) is 5.35. The monoisotopic (exact) mass is 329 g/mol. The number of aromatic carboxylic acids is 1. The molecule has 104 valence electrons. The molecule has 6 heteroatoms. The molecule has 19 heavy (non-hydrogen) atoms. The number of likely N-dealkylation sites (N-methyl/N-ethyl adjacent to an activating group) is 1. The third kappa shape index (κ3) is 4.24. The van der Waals surface area contributed by atoms with Crippen LogP contribution in [0.4, 0.5) is 0 Å². The van der Waals surface area contributed by atoms with Gasteiger partial charge in [0, 0.05) is 13.1 Å². The second-order valence-corrected chi connectivity index (χ2v) is 5.19. The molecule has 0 saturated carbocycles. The van der Waals surface area contributed by atoms with Crippen molar-refractivity contribution < 1.29 is 19.4 Å². The largest absolute Gasteiger partial charge is 0.483 e. The van der Waals surface area contributed by atoms with Gasteiger partial charge < -0.3 is 14.7 Å². The van der Waals surface area contributed by atoms with Crippen LogP contribution in [0.25, 0.3) is 0 Å². The Morgan fingerprint density at radius 3 is 2.58 bits per heavy atom. The highest BCUT2D eigenvalue weighted by Gasteiger charge is 2.14. The molecule has 0 aliphatic heterocycles. The summed E-state index contributed by atoms with van der Waals surface area (Å²) >= 11 is 3.25. The topological polar surface area (TPSA) is 66.8 Å². The van der Waals surface area contributed by atoms with Gasteiger partial charge in [-0.2, -0.15) is 0 Å². The first-order valence-electron chi connectivity index (χ1n) is 5.74. The molecule has 1 aromatic rings. The number of halogens is 1. The zero-order valence-electron chi connectivity index (χ0n) is 11.0. The zero-order chi connectivity index (χ0) is 14.6. The lowest BCUT2D eigenvalue weighted by molar-refractivity contribution is -0.133. The number of carboxylic acid groups (broad SMARTS) is 1. The fraction of sp³-hybridized carbons (Fsp3) is 0.385. The molecule has 0 spiro atoms. The molecule has 0 aliphatic carbocycles. The Balaban J connectivity index is 2.75. The van der Waals surface area contributed by atoms with Crippen LogP contribution in [0.2, 0.25) is 0 Å². The number of carboxylic acids is 1. The van der Waals surface area contributed by atoms with Crippen molar-refractivity contribution in [3.63, 3.8) is 0 Å². The van der Waals surface area contributed by atoms with Crippen LogP contribution in [-0.4, -0.2) is 41.6 Å². The molecule has 1 rings (SSSR count). The van der Waals surface area contributed by atoms with E-state index in [2.05, 4.69) is 15.9 Å².